The van der Waals surface area contributed by atoms with Gasteiger partial charge in [-0.3, -0.25) is 14.6 Å². The van der Waals surface area contributed by atoms with E-state index < -0.39 is 11.7 Å². The van der Waals surface area contributed by atoms with Crippen LogP contribution in [0.5, 0.6) is 0 Å². The van der Waals surface area contributed by atoms with Crippen molar-refractivity contribution in [3.8, 4) is 0 Å². The number of rotatable bonds is 7. The summed E-state index contributed by atoms with van der Waals surface area (Å²) in [7, 11) is 1.30. The molecular formula is C18H24F3N3O2. The summed E-state index contributed by atoms with van der Waals surface area (Å²) in [6, 6.07) is 9.08. The van der Waals surface area contributed by atoms with Gasteiger partial charge >= 0.3 is 6.18 Å². The van der Waals surface area contributed by atoms with Crippen LogP contribution in [0.15, 0.2) is 47.0 Å². The molecule has 0 heterocycles. The van der Waals surface area contributed by atoms with Crippen LogP contribution in [0.1, 0.15) is 25.8 Å². The van der Waals surface area contributed by atoms with E-state index in [1.54, 1.807) is 6.92 Å². The number of alkyl halides is 3. The van der Waals surface area contributed by atoms with Gasteiger partial charge in [0.1, 0.15) is 0 Å². The molecule has 0 saturated carbocycles. The SMILES string of the molecule is CC(N)=O.CC/C=C(\C(CN(C=O)Cc1ccccc1)=NC)C(F)(F)F. The Morgan fingerprint density at radius 2 is 1.81 bits per heavy atom. The molecule has 1 aromatic carbocycles. The first-order valence-electron chi connectivity index (χ1n) is 7.88. The van der Waals surface area contributed by atoms with E-state index in [1.807, 2.05) is 30.3 Å². The molecule has 0 aliphatic rings. The average molecular weight is 371 g/mol. The van der Waals surface area contributed by atoms with Crippen LogP contribution in [0.2, 0.25) is 0 Å². The highest BCUT2D eigenvalue weighted by molar-refractivity contribution is 6.03. The first-order valence-corrected chi connectivity index (χ1v) is 7.88. The highest BCUT2D eigenvalue weighted by Crippen LogP contribution is 2.27. The van der Waals surface area contributed by atoms with Gasteiger partial charge in [0.25, 0.3) is 0 Å². The molecule has 0 aromatic heterocycles. The summed E-state index contributed by atoms with van der Waals surface area (Å²) in [6.07, 6.45) is -2.61. The van der Waals surface area contributed by atoms with Gasteiger partial charge in [-0.05, 0) is 12.0 Å². The highest BCUT2D eigenvalue weighted by atomic mass is 19.4. The lowest BCUT2D eigenvalue weighted by Gasteiger charge is -2.21. The minimum atomic E-state index is -4.48. The van der Waals surface area contributed by atoms with E-state index in [-0.39, 0.29) is 31.1 Å². The number of carbonyl (C=O) groups is 2. The Hall–Kier alpha value is -2.64. The Labute approximate surface area is 151 Å². The third-order valence-electron chi connectivity index (χ3n) is 3.02. The molecule has 0 saturated heterocycles. The molecule has 0 fully saturated rings. The molecule has 0 spiro atoms. The van der Waals surface area contributed by atoms with Crippen LogP contribution in [0, 0.1) is 0 Å². The van der Waals surface area contributed by atoms with E-state index in [0.717, 1.165) is 11.6 Å². The molecule has 0 aliphatic carbocycles. The number of halogens is 3. The fourth-order valence-electron chi connectivity index (χ4n) is 2.02. The second-order valence-electron chi connectivity index (χ2n) is 5.30. The lowest BCUT2D eigenvalue weighted by molar-refractivity contribution is -0.118. The predicted octanol–water partition coefficient (Wildman–Crippen LogP) is 3.11. The van der Waals surface area contributed by atoms with Crippen LogP contribution in [0.4, 0.5) is 13.2 Å². The first-order chi connectivity index (χ1) is 12.1. The summed E-state index contributed by atoms with van der Waals surface area (Å²) in [5, 5.41) is 0. The first kappa shape index (κ1) is 23.4. The summed E-state index contributed by atoms with van der Waals surface area (Å²) in [4.78, 5) is 25.4. The van der Waals surface area contributed by atoms with Gasteiger partial charge in [0.15, 0.2) is 0 Å². The maximum Gasteiger partial charge on any atom is 0.417 e. The van der Waals surface area contributed by atoms with Crippen molar-refractivity contribution < 1.29 is 22.8 Å². The summed E-state index contributed by atoms with van der Waals surface area (Å²) in [5.74, 6) is -0.333. The van der Waals surface area contributed by atoms with E-state index in [1.165, 1.54) is 18.9 Å². The number of carbonyl (C=O) groups excluding carboxylic acids is 2. The van der Waals surface area contributed by atoms with Gasteiger partial charge < -0.3 is 10.6 Å². The molecule has 0 radical (unpaired) electrons. The van der Waals surface area contributed by atoms with Gasteiger partial charge in [-0.25, -0.2) is 0 Å². The third kappa shape index (κ3) is 9.61. The number of amides is 2. The quantitative estimate of drug-likeness (QED) is 0.591. The Bertz CT molecular complexity index is 622. The Morgan fingerprint density at radius 1 is 1.27 bits per heavy atom. The molecule has 144 valence electrons. The molecule has 5 nitrogen and oxygen atoms in total. The number of allylic oxidation sites excluding steroid dienone is 1. The molecule has 2 amide bonds. The Balaban J connectivity index is 0.00000141. The summed E-state index contributed by atoms with van der Waals surface area (Å²) >= 11 is 0. The number of benzene rings is 1. The molecule has 26 heavy (non-hydrogen) atoms. The molecule has 2 N–H and O–H groups in total. The van der Waals surface area contributed by atoms with Crippen molar-refractivity contribution in [2.75, 3.05) is 13.6 Å². The fraction of sp³-hybridized carbons (Fsp3) is 0.389. The molecule has 8 heteroatoms. The van der Waals surface area contributed by atoms with Crippen molar-refractivity contribution in [3.05, 3.63) is 47.5 Å². The van der Waals surface area contributed by atoms with Gasteiger partial charge in [0, 0.05) is 20.5 Å². The topological polar surface area (TPSA) is 75.8 Å². The minimum Gasteiger partial charge on any atom is -0.370 e. The summed E-state index contributed by atoms with van der Waals surface area (Å²) in [5.41, 5.74) is 4.40. The number of nitrogens with two attached hydrogens (primary N) is 1. The van der Waals surface area contributed by atoms with Crippen LogP contribution in [0.3, 0.4) is 0 Å². The number of nitrogens with zero attached hydrogens (tertiary/aromatic N) is 2. The number of hydrogen-bond donors (Lipinski definition) is 1. The predicted molar refractivity (Wildman–Crippen MR) is 95.6 cm³/mol. The van der Waals surface area contributed by atoms with E-state index in [0.29, 0.717) is 6.41 Å². The summed E-state index contributed by atoms with van der Waals surface area (Å²) < 4.78 is 39.2. The van der Waals surface area contributed by atoms with Crippen molar-refractivity contribution in [1.82, 2.24) is 4.90 Å². The van der Waals surface area contributed by atoms with E-state index in [9.17, 15) is 22.8 Å². The monoisotopic (exact) mass is 371 g/mol. The van der Waals surface area contributed by atoms with E-state index in [4.69, 9.17) is 0 Å². The maximum atomic E-state index is 13.1. The van der Waals surface area contributed by atoms with Crippen LogP contribution in [0.25, 0.3) is 0 Å². The molecule has 1 rings (SSSR count). The number of primary amides is 1. The van der Waals surface area contributed by atoms with Crippen molar-refractivity contribution >= 4 is 18.0 Å². The fourth-order valence-corrected chi connectivity index (χ4v) is 2.02. The lowest BCUT2D eigenvalue weighted by atomic mass is 10.1. The largest absolute Gasteiger partial charge is 0.417 e. The van der Waals surface area contributed by atoms with Crippen LogP contribution in [-0.4, -0.2) is 42.7 Å². The average Bonchev–Trinajstić information content (AvgIpc) is 2.56. The number of hydrogen-bond acceptors (Lipinski definition) is 3. The second kappa shape index (κ2) is 11.8. The van der Waals surface area contributed by atoms with Crippen LogP contribution in [-0.2, 0) is 16.1 Å². The zero-order valence-electron chi connectivity index (χ0n) is 15.1. The molecule has 0 bridgehead atoms. The molecule has 0 atom stereocenters. The van der Waals surface area contributed by atoms with Crippen molar-refractivity contribution in [1.29, 1.82) is 0 Å². The van der Waals surface area contributed by atoms with Gasteiger partial charge in [0.05, 0.1) is 17.8 Å². The minimum absolute atomic E-state index is 0.141. The second-order valence-corrected chi connectivity index (χ2v) is 5.30. The van der Waals surface area contributed by atoms with E-state index in [2.05, 4.69) is 10.7 Å². The standard InChI is InChI=1S/C16H19F3N2O.C2H5NO/c1-3-7-14(16(17,18)19)15(20-2)11-21(12-22)10-13-8-5-4-6-9-13;1-2(3)4/h4-9,12H,3,10-11H2,1-2H3;1H3,(H2,3,4)/b14-7+,20-15?;. The molecule has 0 unspecified atom stereocenters. The maximum absolute atomic E-state index is 13.1. The van der Waals surface area contributed by atoms with Crippen LogP contribution < -0.4 is 5.73 Å². The third-order valence-corrected chi connectivity index (χ3v) is 3.02. The Morgan fingerprint density at radius 3 is 2.19 bits per heavy atom. The molecule has 1 aromatic rings. The lowest BCUT2D eigenvalue weighted by Crippen LogP contribution is -2.33. The van der Waals surface area contributed by atoms with E-state index >= 15 is 0 Å². The zero-order chi connectivity index (χ0) is 20.2. The zero-order valence-corrected chi connectivity index (χ0v) is 15.1. The number of aliphatic imine (C=N–C) groups is 1. The normalized spacial score (nSPS) is 12.1. The highest BCUT2D eigenvalue weighted by Gasteiger charge is 2.36. The van der Waals surface area contributed by atoms with Crippen molar-refractivity contribution in [3.63, 3.8) is 0 Å². The Kier molecular flexibility index (Phi) is 10.6. The van der Waals surface area contributed by atoms with Gasteiger partial charge in [-0.1, -0.05) is 43.3 Å². The molecule has 0 aliphatic heterocycles. The van der Waals surface area contributed by atoms with Crippen molar-refractivity contribution in [2.45, 2.75) is 33.0 Å². The van der Waals surface area contributed by atoms with Gasteiger partial charge in [-0.2, -0.15) is 13.2 Å². The van der Waals surface area contributed by atoms with Crippen LogP contribution >= 0.6 is 0 Å². The molecular weight excluding hydrogens is 347 g/mol. The van der Waals surface area contributed by atoms with Gasteiger partial charge in [-0.15, -0.1) is 0 Å². The summed E-state index contributed by atoms with van der Waals surface area (Å²) in [6.45, 7) is 2.99. The van der Waals surface area contributed by atoms with Crippen molar-refractivity contribution in [2.24, 2.45) is 10.7 Å². The van der Waals surface area contributed by atoms with Gasteiger partial charge in [0.2, 0.25) is 12.3 Å². The smallest absolute Gasteiger partial charge is 0.370 e.